The number of methoxy groups -OCH3 is 2. The van der Waals surface area contributed by atoms with Crippen molar-refractivity contribution in [1.29, 1.82) is 0 Å². The van der Waals surface area contributed by atoms with Gasteiger partial charge in [0, 0.05) is 38.2 Å². The van der Waals surface area contributed by atoms with Gasteiger partial charge in [-0.1, -0.05) is 30.3 Å². The van der Waals surface area contributed by atoms with Crippen LogP contribution in [0.4, 0.5) is 0 Å². The maximum atomic E-state index is 13.1. The van der Waals surface area contributed by atoms with E-state index in [2.05, 4.69) is 5.32 Å². The van der Waals surface area contributed by atoms with Gasteiger partial charge < -0.3 is 19.7 Å². The first-order chi connectivity index (χ1) is 14.0. The molecule has 0 radical (unpaired) electrons. The van der Waals surface area contributed by atoms with Crippen molar-refractivity contribution in [2.75, 3.05) is 40.5 Å². The van der Waals surface area contributed by atoms with Gasteiger partial charge in [-0.3, -0.25) is 9.59 Å². The number of carbonyl (C=O) groups is 2. The lowest BCUT2D eigenvalue weighted by molar-refractivity contribution is -0.125. The van der Waals surface area contributed by atoms with Crippen LogP contribution in [0, 0.1) is 12.8 Å². The Labute approximate surface area is 171 Å². The standard InChI is InChI=1S/C23H28N2O4/c1-16-7-4-5-10-19(16)23(27)25-14-20(17-8-6-9-18(13-17)29-3)21(15-25)22(26)24-11-12-28-2/h4-10,13,20-21H,11-12,14-15H2,1-3H3,(H,24,26)/t20-,21-/m0/s1. The van der Waals surface area contributed by atoms with Crippen LogP contribution in [-0.2, 0) is 9.53 Å². The van der Waals surface area contributed by atoms with E-state index in [9.17, 15) is 9.59 Å². The molecule has 1 fully saturated rings. The molecule has 2 amide bonds. The van der Waals surface area contributed by atoms with Crippen molar-refractivity contribution >= 4 is 11.8 Å². The molecule has 2 aromatic carbocycles. The van der Waals surface area contributed by atoms with Crippen LogP contribution in [0.1, 0.15) is 27.4 Å². The minimum atomic E-state index is -0.327. The molecule has 2 atom stereocenters. The Bertz CT molecular complexity index is 867. The van der Waals surface area contributed by atoms with Crippen LogP contribution in [0.2, 0.25) is 0 Å². The number of aryl methyl sites for hydroxylation is 1. The molecule has 6 heteroatoms. The summed E-state index contributed by atoms with van der Waals surface area (Å²) in [4.78, 5) is 27.8. The quantitative estimate of drug-likeness (QED) is 0.731. The molecule has 0 unspecified atom stereocenters. The molecular formula is C23H28N2O4. The second-order valence-corrected chi connectivity index (χ2v) is 7.30. The molecule has 1 aliphatic heterocycles. The molecule has 0 bridgehead atoms. The largest absolute Gasteiger partial charge is 0.497 e. The number of hydrogen-bond donors (Lipinski definition) is 1. The Hall–Kier alpha value is -2.86. The van der Waals surface area contributed by atoms with E-state index >= 15 is 0 Å². The molecule has 6 nitrogen and oxygen atoms in total. The van der Waals surface area contributed by atoms with Gasteiger partial charge in [-0.25, -0.2) is 0 Å². The molecule has 1 saturated heterocycles. The first-order valence-corrected chi connectivity index (χ1v) is 9.80. The number of amides is 2. The first kappa shape index (κ1) is 20.9. The van der Waals surface area contributed by atoms with Crippen molar-refractivity contribution in [3.8, 4) is 5.75 Å². The molecule has 1 N–H and O–H groups in total. The van der Waals surface area contributed by atoms with Gasteiger partial charge in [-0.2, -0.15) is 0 Å². The Balaban J connectivity index is 1.86. The smallest absolute Gasteiger partial charge is 0.254 e. The van der Waals surface area contributed by atoms with E-state index in [1.54, 1.807) is 19.1 Å². The molecule has 154 valence electrons. The highest BCUT2D eigenvalue weighted by atomic mass is 16.5. The van der Waals surface area contributed by atoms with Crippen LogP contribution in [-0.4, -0.2) is 57.2 Å². The predicted molar refractivity (Wildman–Crippen MR) is 111 cm³/mol. The molecule has 1 aliphatic rings. The summed E-state index contributed by atoms with van der Waals surface area (Å²) in [5, 5.41) is 2.93. The Morgan fingerprint density at radius 3 is 2.62 bits per heavy atom. The van der Waals surface area contributed by atoms with Crippen LogP contribution >= 0.6 is 0 Å². The van der Waals surface area contributed by atoms with Crippen molar-refractivity contribution in [2.24, 2.45) is 5.92 Å². The molecule has 1 heterocycles. The summed E-state index contributed by atoms with van der Waals surface area (Å²) in [5.74, 6) is 0.218. The van der Waals surface area contributed by atoms with Gasteiger partial charge in [0.2, 0.25) is 5.91 Å². The van der Waals surface area contributed by atoms with Crippen molar-refractivity contribution in [3.63, 3.8) is 0 Å². The summed E-state index contributed by atoms with van der Waals surface area (Å²) in [6.07, 6.45) is 0. The maximum Gasteiger partial charge on any atom is 0.254 e. The van der Waals surface area contributed by atoms with Gasteiger partial charge in [0.1, 0.15) is 5.75 Å². The highest BCUT2D eigenvalue weighted by Crippen LogP contribution is 2.35. The van der Waals surface area contributed by atoms with E-state index in [4.69, 9.17) is 9.47 Å². The van der Waals surface area contributed by atoms with Gasteiger partial charge in [0.15, 0.2) is 0 Å². The van der Waals surface area contributed by atoms with E-state index in [0.29, 0.717) is 31.8 Å². The topological polar surface area (TPSA) is 67.9 Å². The summed E-state index contributed by atoms with van der Waals surface area (Å²) < 4.78 is 10.4. The van der Waals surface area contributed by atoms with Gasteiger partial charge in [0.25, 0.3) is 5.91 Å². The second kappa shape index (κ2) is 9.56. The van der Waals surface area contributed by atoms with E-state index in [1.807, 2.05) is 55.5 Å². The fourth-order valence-electron chi connectivity index (χ4n) is 3.84. The van der Waals surface area contributed by atoms with E-state index < -0.39 is 0 Å². The van der Waals surface area contributed by atoms with Gasteiger partial charge in [-0.05, 0) is 36.2 Å². The number of carbonyl (C=O) groups excluding carboxylic acids is 2. The fraction of sp³-hybridized carbons (Fsp3) is 0.391. The summed E-state index contributed by atoms with van der Waals surface area (Å²) in [5.41, 5.74) is 2.61. The van der Waals surface area contributed by atoms with Gasteiger partial charge >= 0.3 is 0 Å². The fourth-order valence-corrected chi connectivity index (χ4v) is 3.84. The van der Waals surface area contributed by atoms with Crippen molar-refractivity contribution in [3.05, 3.63) is 65.2 Å². The van der Waals surface area contributed by atoms with E-state index in [0.717, 1.165) is 16.9 Å². The number of likely N-dealkylation sites (tertiary alicyclic amines) is 1. The van der Waals surface area contributed by atoms with E-state index in [1.165, 1.54) is 0 Å². The zero-order valence-electron chi connectivity index (χ0n) is 17.2. The Morgan fingerprint density at radius 1 is 1.10 bits per heavy atom. The monoisotopic (exact) mass is 396 g/mol. The average Bonchev–Trinajstić information content (AvgIpc) is 3.19. The van der Waals surface area contributed by atoms with Crippen LogP contribution < -0.4 is 10.1 Å². The van der Waals surface area contributed by atoms with Gasteiger partial charge in [0.05, 0.1) is 19.6 Å². The molecule has 0 spiro atoms. The Morgan fingerprint density at radius 2 is 1.90 bits per heavy atom. The number of benzene rings is 2. The summed E-state index contributed by atoms with van der Waals surface area (Å²) in [6, 6.07) is 15.3. The molecule has 3 rings (SSSR count). The second-order valence-electron chi connectivity index (χ2n) is 7.30. The molecule has 29 heavy (non-hydrogen) atoms. The molecule has 0 aliphatic carbocycles. The van der Waals surface area contributed by atoms with Gasteiger partial charge in [-0.15, -0.1) is 0 Å². The third-order valence-corrected chi connectivity index (χ3v) is 5.45. The van der Waals surface area contributed by atoms with Crippen LogP contribution in [0.25, 0.3) is 0 Å². The van der Waals surface area contributed by atoms with Crippen LogP contribution in [0.5, 0.6) is 5.75 Å². The summed E-state index contributed by atoms with van der Waals surface area (Å²) in [6.45, 7) is 3.70. The summed E-state index contributed by atoms with van der Waals surface area (Å²) >= 11 is 0. The lowest BCUT2D eigenvalue weighted by Gasteiger charge is -2.18. The number of nitrogens with one attached hydrogen (secondary N) is 1. The lowest BCUT2D eigenvalue weighted by Crippen LogP contribution is -2.37. The minimum Gasteiger partial charge on any atom is -0.497 e. The third-order valence-electron chi connectivity index (χ3n) is 5.45. The highest BCUT2D eigenvalue weighted by molar-refractivity contribution is 5.96. The van der Waals surface area contributed by atoms with Crippen molar-refractivity contribution in [1.82, 2.24) is 10.2 Å². The normalized spacial score (nSPS) is 18.5. The third kappa shape index (κ3) is 4.77. The lowest BCUT2D eigenvalue weighted by atomic mass is 9.88. The zero-order valence-corrected chi connectivity index (χ0v) is 17.2. The van der Waals surface area contributed by atoms with Crippen molar-refractivity contribution in [2.45, 2.75) is 12.8 Å². The molecule has 0 saturated carbocycles. The van der Waals surface area contributed by atoms with E-state index in [-0.39, 0.29) is 23.7 Å². The number of hydrogen-bond acceptors (Lipinski definition) is 4. The zero-order chi connectivity index (χ0) is 20.8. The van der Waals surface area contributed by atoms with Crippen LogP contribution in [0.15, 0.2) is 48.5 Å². The maximum absolute atomic E-state index is 13.1. The number of rotatable bonds is 7. The molecule has 0 aromatic heterocycles. The molecular weight excluding hydrogens is 368 g/mol. The van der Waals surface area contributed by atoms with Crippen LogP contribution in [0.3, 0.4) is 0 Å². The van der Waals surface area contributed by atoms with Crippen molar-refractivity contribution < 1.29 is 19.1 Å². The SMILES string of the molecule is COCCNC(=O)[C@H]1CN(C(=O)c2ccccc2C)C[C@H]1c1cccc(OC)c1. The number of ether oxygens (including phenoxy) is 2. The predicted octanol–water partition coefficient (Wildman–Crippen LogP) is 2.62. The first-order valence-electron chi connectivity index (χ1n) is 9.80. The number of nitrogens with zero attached hydrogens (tertiary/aromatic N) is 1. The average molecular weight is 396 g/mol. The minimum absolute atomic E-state index is 0.0387. The summed E-state index contributed by atoms with van der Waals surface area (Å²) in [7, 11) is 3.22. The highest BCUT2D eigenvalue weighted by Gasteiger charge is 2.40. The Kier molecular flexibility index (Phi) is 6.88. The molecule has 2 aromatic rings.